The van der Waals surface area contributed by atoms with Gasteiger partial charge in [0.1, 0.15) is 12.6 Å². The maximum absolute atomic E-state index is 14.4. The molecule has 4 aromatic carbocycles. The fraction of sp³-hybridized carbons (Fsp3) is 0.235. The molecule has 0 unspecified atom stereocenters. The number of amides is 2. The maximum Gasteiger partial charge on any atom is 0.264 e. The van der Waals surface area contributed by atoms with Crippen LogP contribution in [0.5, 0.6) is 0 Å². The lowest BCUT2D eigenvalue weighted by molar-refractivity contribution is -0.140. The first-order valence-electron chi connectivity index (χ1n) is 14.2. The second kappa shape index (κ2) is 15.2. The fourth-order valence-electron chi connectivity index (χ4n) is 4.64. The van der Waals surface area contributed by atoms with E-state index in [0.29, 0.717) is 22.2 Å². The summed E-state index contributed by atoms with van der Waals surface area (Å²) in [7, 11) is -4.19. The number of hydrogen-bond donors (Lipinski definition) is 1. The van der Waals surface area contributed by atoms with Crippen molar-refractivity contribution in [2.45, 2.75) is 37.8 Å². The van der Waals surface area contributed by atoms with Crippen molar-refractivity contribution in [3.63, 3.8) is 0 Å². The minimum Gasteiger partial charge on any atom is -0.354 e. The third kappa shape index (κ3) is 8.62. The molecule has 0 aliphatic heterocycles. The van der Waals surface area contributed by atoms with Crippen LogP contribution in [0.1, 0.15) is 25.0 Å². The Morgan fingerprint density at radius 2 is 1.39 bits per heavy atom. The van der Waals surface area contributed by atoms with E-state index in [4.69, 9.17) is 23.2 Å². The highest BCUT2D eigenvalue weighted by molar-refractivity contribution is 7.92. The van der Waals surface area contributed by atoms with Crippen molar-refractivity contribution in [1.29, 1.82) is 0 Å². The zero-order chi connectivity index (χ0) is 31.7. The summed E-state index contributed by atoms with van der Waals surface area (Å²) in [6.45, 7) is 3.81. The highest BCUT2D eigenvalue weighted by Gasteiger charge is 2.34. The first-order valence-corrected chi connectivity index (χ1v) is 16.4. The van der Waals surface area contributed by atoms with Crippen LogP contribution in [0, 0.1) is 5.92 Å². The third-order valence-electron chi connectivity index (χ3n) is 6.98. The van der Waals surface area contributed by atoms with Gasteiger partial charge in [-0.3, -0.25) is 13.9 Å². The van der Waals surface area contributed by atoms with Gasteiger partial charge in [0.05, 0.1) is 10.6 Å². The molecule has 1 N–H and O–H groups in total. The Hall–Kier alpha value is -3.85. The molecule has 230 valence electrons. The van der Waals surface area contributed by atoms with Crippen molar-refractivity contribution in [3.8, 4) is 0 Å². The van der Waals surface area contributed by atoms with Crippen molar-refractivity contribution < 1.29 is 18.0 Å². The van der Waals surface area contributed by atoms with Gasteiger partial charge < -0.3 is 10.2 Å². The second-order valence-electron chi connectivity index (χ2n) is 10.8. The Morgan fingerprint density at radius 1 is 0.795 bits per heavy atom. The number of benzene rings is 4. The summed E-state index contributed by atoms with van der Waals surface area (Å²) >= 11 is 12.6. The van der Waals surface area contributed by atoms with Crippen molar-refractivity contribution in [3.05, 3.63) is 130 Å². The van der Waals surface area contributed by atoms with Gasteiger partial charge in [0, 0.05) is 29.6 Å². The standard InChI is InChI=1S/C34H35Cl2N3O4S/c1-25(2)22-37-34(41)32(21-26-11-5-3-6-12-26)38(23-27-13-9-10-16-31(27)36)33(40)24-39(29-19-17-28(35)18-20-29)44(42,43)30-14-7-4-8-15-30/h3-20,25,32H,21-24H2,1-2H3,(H,37,41)/t32-/m1/s1. The average Bonchev–Trinajstić information content (AvgIpc) is 3.02. The highest BCUT2D eigenvalue weighted by atomic mass is 35.5. The summed E-state index contributed by atoms with van der Waals surface area (Å²) in [5.74, 6) is -0.729. The van der Waals surface area contributed by atoms with Crippen molar-refractivity contribution in [1.82, 2.24) is 10.2 Å². The van der Waals surface area contributed by atoms with Crippen LogP contribution in [-0.2, 0) is 32.6 Å². The molecule has 4 aromatic rings. The van der Waals surface area contributed by atoms with Gasteiger partial charge in [-0.25, -0.2) is 8.42 Å². The molecule has 0 spiro atoms. The number of rotatable bonds is 13. The second-order valence-corrected chi connectivity index (χ2v) is 13.5. The van der Waals surface area contributed by atoms with Crippen molar-refractivity contribution in [2.24, 2.45) is 5.92 Å². The first-order chi connectivity index (χ1) is 21.1. The Balaban J connectivity index is 1.79. The molecule has 0 aliphatic rings. The quantitative estimate of drug-likeness (QED) is 0.176. The van der Waals surface area contributed by atoms with Gasteiger partial charge in [-0.05, 0) is 59.5 Å². The van der Waals surface area contributed by atoms with Gasteiger partial charge in [-0.1, -0.05) is 104 Å². The van der Waals surface area contributed by atoms with Gasteiger partial charge in [0.25, 0.3) is 10.0 Å². The third-order valence-corrected chi connectivity index (χ3v) is 9.39. The smallest absolute Gasteiger partial charge is 0.264 e. The highest BCUT2D eigenvalue weighted by Crippen LogP contribution is 2.27. The summed E-state index contributed by atoms with van der Waals surface area (Å²) in [5, 5.41) is 3.82. The molecule has 0 fully saturated rings. The van der Waals surface area contributed by atoms with E-state index in [0.717, 1.165) is 9.87 Å². The van der Waals surface area contributed by atoms with Crippen molar-refractivity contribution in [2.75, 3.05) is 17.4 Å². The van der Waals surface area contributed by atoms with E-state index < -0.39 is 28.5 Å². The molecule has 0 aromatic heterocycles. The Labute approximate surface area is 269 Å². The molecule has 44 heavy (non-hydrogen) atoms. The van der Waals surface area contributed by atoms with E-state index in [-0.39, 0.29) is 35.4 Å². The van der Waals surface area contributed by atoms with Crippen LogP contribution in [0.2, 0.25) is 10.0 Å². The number of nitrogens with zero attached hydrogens (tertiary/aromatic N) is 2. The van der Waals surface area contributed by atoms with Crippen LogP contribution >= 0.6 is 23.2 Å². The SMILES string of the molecule is CC(C)CNC(=O)[C@@H](Cc1ccccc1)N(Cc1ccccc1Cl)C(=O)CN(c1ccc(Cl)cc1)S(=O)(=O)c1ccccc1. The molecule has 1 atom stereocenters. The topological polar surface area (TPSA) is 86.8 Å². The number of carbonyl (C=O) groups is 2. The Morgan fingerprint density at radius 3 is 2.00 bits per heavy atom. The summed E-state index contributed by atoms with van der Waals surface area (Å²) in [6, 6.07) is 29.6. The molecule has 0 heterocycles. The molecule has 0 aliphatic carbocycles. The summed E-state index contributed by atoms with van der Waals surface area (Å²) in [4.78, 5) is 29.7. The monoisotopic (exact) mass is 651 g/mol. The minimum absolute atomic E-state index is 0.00898. The number of halogens is 2. The predicted molar refractivity (Wildman–Crippen MR) is 176 cm³/mol. The molecular formula is C34H35Cl2N3O4S. The largest absolute Gasteiger partial charge is 0.354 e. The van der Waals surface area contributed by atoms with Crippen LogP contribution < -0.4 is 9.62 Å². The maximum atomic E-state index is 14.4. The van der Waals surface area contributed by atoms with E-state index in [9.17, 15) is 18.0 Å². The van der Waals surface area contributed by atoms with E-state index in [1.807, 2.05) is 44.2 Å². The van der Waals surface area contributed by atoms with Crippen LogP contribution in [0.25, 0.3) is 0 Å². The van der Waals surface area contributed by atoms with Crippen molar-refractivity contribution >= 4 is 50.7 Å². The van der Waals surface area contributed by atoms with Gasteiger partial charge in [0.15, 0.2) is 0 Å². The zero-order valence-corrected chi connectivity index (χ0v) is 26.9. The number of nitrogens with one attached hydrogen (secondary N) is 1. The lowest BCUT2D eigenvalue weighted by Crippen LogP contribution is -2.53. The summed E-state index contributed by atoms with van der Waals surface area (Å²) < 4.78 is 29.0. The van der Waals surface area contributed by atoms with E-state index >= 15 is 0 Å². The number of carbonyl (C=O) groups excluding carboxylic acids is 2. The molecule has 0 saturated carbocycles. The molecule has 0 bridgehead atoms. The lowest BCUT2D eigenvalue weighted by atomic mass is 10.0. The van der Waals surface area contributed by atoms with Crippen LogP contribution in [0.15, 0.2) is 114 Å². The van der Waals surface area contributed by atoms with Gasteiger partial charge in [-0.2, -0.15) is 0 Å². The van der Waals surface area contributed by atoms with E-state index in [1.54, 1.807) is 66.7 Å². The molecule has 4 rings (SSSR count). The molecule has 2 amide bonds. The molecule has 0 radical (unpaired) electrons. The molecule has 7 nitrogen and oxygen atoms in total. The molecular weight excluding hydrogens is 617 g/mol. The van der Waals surface area contributed by atoms with Gasteiger partial charge in [0.2, 0.25) is 11.8 Å². The van der Waals surface area contributed by atoms with E-state index in [2.05, 4.69) is 5.32 Å². The minimum atomic E-state index is -4.19. The van der Waals surface area contributed by atoms with Crippen LogP contribution in [0.4, 0.5) is 5.69 Å². The average molecular weight is 653 g/mol. The normalized spacial score (nSPS) is 12.0. The number of anilines is 1. The van der Waals surface area contributed by atoms with Gasteiger partial charge >= 0.3 is 0 Å². The van der Waals surface area contributed by atoms with Crippen LogP contribution in [-0.4, -0.2) is 44.3 Å². The zero-order valence-electron chi connectivity index (χ0n) is 24.6. The number of sulfonamides is 1. The molecule has 10 heteroatoms. The van der Waals surface area contributed by atoms with Crippen LogP contribution in [0.3, 0.4) is 0 Å². The summed E-state index contributed by atoms with van der Waals surface area (Å²) in [6.07, 6.45) is 0.216. The summed E-state index contributed by atoms with van der Waals surface area (Å²) in [5.41, 5.74) is 1.73. The number of hydrogen-bond acceptors (Lipinski definition) is 4. The molecule has 0 saturated heterocycles. The van der Waals surface area contributed by atoms with E-state index in [1.165, 1.54) is 17.0 Å². The Bertz CT molecular complexity index is 1650. The van der Waals surface area contributed by atoms with Gasteiger partial charge in [-0.15, -0.1) is 0 Å². The lowest BCUT2D eigenvalue weighted by Gasteiger charge is -2.34. The Kier molecular flexibility index (Phi) is 11.4. The predicted octanol–water partition coefficient (Wildman–Crippen LogP) is 6.60. The first kappa shape index (κ1) is 33.1. The fourth-order valence-corrected chi connectivity index (χ4v) is 6.40.